The van der Waals surface area contributed by atoms with Crippen LogP contribution >= 0.6 is 11.6 Å². The molecule has 0 radical (unpaired) electrons. The van der Waals surface area contributed by atoms with Gasteiger partial charge in [0.2, 0.25) is 11.9 Å². The van der Waals surface area contributed by atoms with Crippen molar-refractivity contribution in [1.29, 1.82) is 0 Å². The molecule has 3 N–H and O–H groups in total. The van der Waals surface area contributed by atoms with E-state index in [1.54, 1.807) is 30.2 Å². The zero-order valence-electron chi connectivity index (χ0n) is 15.7. The minimum Gasteiger partial charge on any atom is -0.370 e. The van der Waals surface area contributed by atoms with Crippen LogP contribution in [0.25, 0.3) is 6.08 Å². The number of rotatable bonds is 5. The summed E-state index contributed by atoms with van der Waals surface area (Å²) in [7, 11) is 0. The predicted molar refractivity (Wildman–Crippen MR) is 110 cm³/mol. The maximum absolute atomic E-state index is 12.0. The Morgan fingerprint density at radius 3 is 2.89 bits per heavy atom. The van der Waals surface area contributed by atoms with Crippen molar-refractivity contribution in [3.63, 3.8) is 0 Å². The van der Waals surface area contributed by atoms with Crippen molar-refractivity contribution in [1.82, 2.24) is 9.97 Å². The van der Waals surface area contributed by atoms with Crippen molar-refractivity contribution in [3.05, 3.63) is 46.6 Å². The van der Waals surface area contributed by atoms with Gasteiger partial charge in [-0.05, 0) is 55.7 Å². The number of aliphatic hydroxyl groups is 1. The molecule has 2 aliphatic rings. The summed E-state index contributed by atoms with van der Waals surface area (Å²) in [4.78, 5) is 22.5. The first-order chi connectivity index (χ1) is 13.4. The Hall–Kier alpha value is -2.64. The molecule has 4 rings (SSSR count). The van der Waals surface area contributed by atoms with E-state index in [-0.39, 0.29) is 18.0 Å². The lowest BCUT2D eigenvalue weighted by atomic mass is 9.98. The highest BCUT2D eigenvalue weighted by atomic mass is 35.5. The smallest absolute Gasteiger partial charge is 0.225 e. The van der Waals surface area contributed by atoms with E-state index in [1.165, 1.54) is 0 Å². The highest BCUT2D eigenvalue weighted by Crippen LogP contribution is 2.32. The lowest BCUT2D eigenvalue weighted by molar-refractivity contribution is -0.116. The molecule has 1 aromatic heterocycles. The van der Waals surface area contributed by atoms with Crippen molar-refractivity contribution in [2.24, 2.45) is 0 Å². The fraction of sp³-hybridized carbons (Fsp3) is 0.350. The van der Waals surface area contributed by atoms with Crippen molar-refractivity contribution < 1.29 is 9.90 Å². The van der Waals surface area contributed by atoms with E-state index >= 15 is 0 Å². The molecule has 2 atom stereocenters. The number of benzene rings is 1. The molecule has 1 aromatic carbocycles. The van der Waals surface area contributed by atoms with Crippen molar-refractivity contribution in [2.45, 2.75) is 45.0 Å². The van der Waals surface area contributed by atoms with Crippen LogP contribution in [0.1, 0.15) is 32.3 Å². The lowest BCUT2D eigenvalue weighted by Crippen LogP contribution is -2.34. The van der Waals surface area contributed by atoms with E-state index in [4.69, 9.17) is 11.6 Å². The number of hydrogen-bond acceptors (Lipinski definition) is 6. The van der Waals surface area contributed by atoms with Crippen LogP contribution in [-0.2, 0) is 4.79 Å². The fourth-order valence-electron chi connectivity index (χ4n) is 3.40. The minimum atomic E-state index is -0.834. The van der Waals surface area contributed by atoms with Gasteiger partial charge in [-0.15, -0.1) is 0 Å². The number of fused-ring (bicyclic) bond motifs is 1. The second kappa shape index (κ2) is 7.41. The molecule has 2 heterocycles. The first-order valence-corrected chi connectivity index (χ1v) is 9.65. The van der Waals surface area contributed by atoms with Gasteiger partial charge in [-0.2, -0.15) is 4.98 Å². The number of nitrogens with zero attached hydrogens (tertiary/aromatic N) is 3. The number of aromatic nitrogens is 2. The van der Waals surface area contributed by atoms with Crippen LogP contribution in [0.2, 0.25) is 5.02 Å². The number of hydrogen-bond donors (Lipinski definition) is 3. The third-order valence-corrected chi connectivity index (χ3v) is 5.16. The van der Waals surface area contributed by atoms with Crippen LogP contribution in [0, 0.1) is 0 Å². The Morgan fingerprint density at radius 1 is 1.39 bits per heavy atom. The van der Waals surface area contributed by atoms with Gasteiger partial charge in [0.15, 0.2) is 0 Å². The molecule has 0 bridgehead atoms. The molecule has 1 unspecified atom stereocenters. The normalized spacial score (nSPS) is 19.1. The standard InChI is InChI=1S/C20H22ClN5O2/c1-11(16-10-13-9-14(21)3-6-17(13)24-19(16)28)23-20-22-8-7-18(25-20)26(12(2)27)15-4-5-15/h3,6-11,15,19,24,28H,4-5H2,1-2H3,(H,22,23,25)/t11-,19?/m0/s1. The van der Waals surface area contributed by atoms with E-state index in [2.05, 4.69) is 20.6 Å². The average Bonchev–Trinajstić information content (AvgIpc) is 3.46. The summed E-state index contributed by atoms with van der Waals surface area (Å²) in [6.45, 7) is 3.47. The highest BCUT2D eigenvalue weighted by Gasteiger charge is 2.33. The van der Waals surface area contributed by atoms with Gasteiger partial charge in [0.25, 0.3) is 0 Å². The van der Waals surface area contributed by atoms with Crippen LogP contribution in [0.5, 0.6) is 0 Å². The van der Waals surface area contributed by atoms with E-state index in [0.717, 1.165) is 29.7 Å². The zero-order chi connectivity index (χ0) is 19.8. The maximum Gasteiger partial charge on any atom is 0.225 e. The van der Waals surface area contributed by atoms with Crippen LogP contribution in [0.15, 0.2) is 36.0 Å². The molecule has 1 fully saturated rings. The average molecular weight is 400 g/mol. The Kier molecular flexibility index (Phi) is 4.95. The van der Waals surface area contributed by atoms with Gasteiger partial charge in [-0.3, -0.25) is 9.69 Å². The highest BCUT2D eigenvalue weighted by molar-refractivity contribution is 6.30. The van der Waals surface area contributed by atoms with Crippen LogP contribution in [0.4, 0.5) is 17.5 Å². The fourth-order valence-corrected chi connectivity index (χ4v) is 3.58. The quantitative estimate of drug-likeness (QED) is 0.714. The Labute approximate surface area is 168 Å². The van der Waals surface area contributed by atoms with Crippen LogP contribution < -0.4 is 15.5 Å². The molecule has 7 nitrogen and oxygen atoms in total. The summed E-state index contributed by atoms with van der Waals surface area (Å²) in [6, 6.07) is 7.19. The van der Waals surface area contributed by atoms with Crippen LogP contribution in [0.3, 0.4) is 0 Å². The molecule has 0 spiro atoms. The zero-order valence-corrected chi connectivity index (χ0v) is 16.4. The molecule has 1 amide bonds. The summed E-state index contributed by atoms with van der Waals surface area (Å²) in [5, 5.41) is 17.4. The first kappa shape index (κ1) is 18.7. The van der Waals surface area contributed by atoms with Gasteiger partial charge in [-0.25, -0.2) is 4.98 Å². The second-order valence-corrected chi connectivity index (χ2v) is 7.58. The van der Waals surface area contributed by atoms with E-state index in [0.29, 0.717) is 16.8 Å². The molecule has 0 saturated heterocycles. The number of amides is 1. The van der Waals surface area contributed by atoms with Crippen molar-refractivity contribution >= 4 is 41.0 Å². The van der Waals surface area contributed by atoms with Gasteiger partial charge < -0.3 is 15.7 Å². The molecule has 8 heteroatoms. The summed E-state index contributed by atoms with van der Waals surface area (Å²) in [6.07, 6.45) is 4.70. The van der Waals surface area contributed by atoms with Gasteiger partial charge in [0.1, 0.15) is 12.0 Å². The van der Waals surface area contributed by atoms with Crippen molar-refractivity contribution in [3.8, 4) is 0 Å². The molecule has 1 aliphatic heterocycles. The Morgan fingerprint density at radius 2 is 2.18 bits per heavy atom. The number of carbonyl (C=O) groups is 1. The SMILES string of the molecule is CC(=O)N(c1ccnc(N[C@@H](C)C2=Cc3cc(Cl)ccc3NC2O)n1)C1CC1. The van der Waals surface area contributed by atoms with Crippen molar-refractivity contribution in [2.75, 3.05) is 15.5 Å². The molecule has 1 aliphatic carbocycles. The van der Waals surface area contributed by atoms with E-state index in [1.807, 2.05) is 25.1 Å². The lowest BCUT2D eigenvalue weighted by Gasteiger charge is -2.28. The molecule has 2 aromatic rings. The number of carbonyl (C=O) groups excluding carboxylic acids is 1. The summed E-state index contributed by atoms with van der Waals surface area (Å²) in [5.41, 5.74) is 2.48. The maximum atomic E-state index is 12.0. The third kappa shape index (κ3) is 3.81. The summed E-state index contributed by atoms with van der Waals surface area (Å²) < 4.78 is 0. The Bertz CT molecular complexity index is 944. The summed E-state index contributed by atoms with van der Waals surface area (Å²) >= 11 is 6.09. The van der Waals surface area contributed by atoms with E-state index in [9.17, 15) is 9.90 Å². The molecule has 1 saturated carbocycles. The third-order valence-electron chi connectivity index (χ3n) is 4.93. The van der Waals surface area contributed by atoms with Gasteiger partial charge in [0.05, 0.1) is 6.04 Å². The predicted octanol–water partition coefficient (Wildman–Crippen LogP) is 3.27. The Balaban J connectivity index is 1.56. The largest absolute Gasteiger partial charge is 0.370 e. The summed E-state index contributed by atoms with van der Waals surface area (Å²) in [5.74, 6) is 0.971. The topological polar surface area (TPSA) is 90.4 Å². The number of nitrogens with one attached hydrogen (secondary N) is 2. The van der Waals surface area contributed by atoms with E-state index < -0.39 is 6.23 Å². The minimum absolute atomic E-state index is 0.0247. The van der Waals surface area contributed by atoms with Gasteiger partial charge >= 0.3 is 0 Å². The second-order valence-electron chi connectivity index (χ2n) is 7.15. The number of aliphatic hydroxyl groups excluding tert-OH is 1. The molecule has 146 valence electrons. The number of halogens is 1. The molecular weight excluding hydrogens is 378 g/mol. The molecule has 28 heavy (non-hydrogen) atoms. The van der Waals surface area contributed by atoms with Crippen LogP contribution in [-0.4, -0.2) is 39.3 Å². The monoisotopic (exact) mass is 399 g/mol. The van der Waals surface area contributed by atoms with Gasteiger partial charge in [-0.1, -0.05) is 11.6 Å². The van der Waals surface area contributed by atoms with Gasteiger partial charge in [0, 0.05) is 35.4 Å². The number of anilines is 3. The molecular formula is C20H22ClN5O2. The first-order valence-electron chi connectivity index (χ1n) is 9.27.